The van der Waals surface area contributed by atoms with E-state index < -0.39 is 26.8 Å². The average Bonchev–Trinajstić information content (AvgIpc) is 2.37. The summed E-state index contributed by atoms with van der Waals surface area (Å²) in [5, 5.41) is 0. The Labute approximate surface area is 118 Å². The van der Waals surface area contributed by atoms with Gasteiger partial charge in [0.15, 0.2) is 0 Å². The molecule has 0 atom stereocenters. The number of halogens is 3. The van der Waals surface area contributed by atoms with Gasteiger partial charge in [-0.25, -0.2) is 8.42 Å². The normalized spacial score (nSPS) is 12.1. The highest BCUT2D eigenvalue weighted by Gasteiger charge is 2.34. The van der Waals surface area contributed by atoms with Gasteiger partial charge in [0.25, 0.3) is 0 Å². The molecule has 0 amide bonds. The molecule has 0 spiro atoms. The molecule has 0 aliphatic carbocycles. The van der Waals surface area contributed by atoms with Gasteiger partial charge in [0.05, 0.1) is 10.6 Å². The summed E-state index contributed by atoms with van der Waals surface area (Å²) in [4.78, 5) is 2.68. The number of para-hydroxylation sites is 1. The smallest absolute Gasteiger partial charge is 0.404 e. The van der Waals surface area contributed by atoms with Crippen LogP contribution in [-0.2, 0) is 9.84 Å². The lowest BCUT2D eigenvalue weighted by molar-refractivity contribution is -0.275. The zero-order valence-electron chi connectivity index (χ0n) is 10.3. The molecule has 0 saturated carbocycles. The maximum atomic E-state index is 12.3. The van der Waals surface area contributed by atoms with Crippen molar-refractivity contribution in [1.82, 2.24) is 4.98 Å². The second-order valence-corrected chi connectivity index (χ2v) is 5.87. The minimum Gasteiger partial charge on any atom is -0.404 e. The maximum Gasteiger partial charge on any atom is 0.573 e. The highest BCUT2D eigenvalue weighted by molar-refractivity contribution is 7.91. The van der Waals surface area contributed by atoms with Gasteiger partial charge in [0, 0.05) is 12.4 Å². The highest BCUT2D eigenvalue weighted by Crippen LogP contribution is 2.33. The Bertz CT molecular complexity index is 760. The topological polar surface area (TPSA) is 82.3 Å². The van der Waals surface area contributed by atoms with Gasteiger partial charge >= 0.3 is 6.36 Å². The summed E-state index contributed by atoms with van der Waals surface area (Å²) in [7, 11) is -4.23. The van der Waals surface area contributed by atoms with E-state index >= 15 is 0 Å². The van der Waals surface area contributed by atoms with Gasteiger partial charge in [0.2, 0.25) is 9.84 Å². The van der Waals surface area contributed by atoms with E-state index in [0.29, 0.717) is 0 Å². The lowest BCUT2D eigenvalue weighted by Crippen LogP contribution is -2.19. The number of anilines is 1. The number of alkyl halides is 3. The van der Waals surface area contributed by atoms with Crippen molar-refractivity contribution in [3.8, 4) is 5.75 Å². The largest absolute Gasteiger partial charge is 0.573 e. The number of ether oxygens (including phenoxy) is 1. The van der Waals surface area contributed by atoms with Crippen molar-refractivity contribution in [1.29, 1.82) is 0 Å². The van der Waals surface area contributed by atoms with Gasteiger partial charge in [-0.05, 0) is 18.2 Å². The van der Waals surface area contributed by atoms with E-state index in [1.165, 1.54) is 18.3 Å². The monoisotopic (exact) mass is 318 g/mol. The van der Waals surface area contributed by atoms with E-state index in [2.05, 4.69) is 9.72 Å². The van der Waals surface area contributed by atoms with Crippen molar-refractivity contribution >= 4 is 15.5 Å². The molecule has 0 aliphatic rings. The third-order valence-corrected chi connectivity index (χ3v) is 4.17. The Balaban J connectivity index is 2.56. The van der Waals surface area contributed by atoms with E-state index in [9.17, 15) is 21.6 Å². The first kappa shape index (κ1) is 15.1. The van der Waals surface area contributed by atoms with Gasteiger partial charge in [-0.15, -0.1) is 13.2 Å². The van der Waals surface area contributed by atoms with Crippen LogP contribution in [-0.4, -0.2) is 19.8 Å². The fraction of sp³-hybridized carbons (Fsp3) is 0.0833. The van der Waals surface area contributed by atoms with Crippen LogP contribution < -0.4 is 10.5 Å². The van der Waals surface area contributed by atoms with E-state index in [-0.39, 0.29) is 10.6 Å². The minimum atomic E-state index is -5.00. The zero-order chi connectivity index (χ0) is 15.7. The summed E-state index contributed by atoms with van der Waals surface area (Å²) < 4.78 is 65.4. The van der Waals surface area contributed by atoms with Crippen LogP contribution in [0.2, 0.25) is 0 Å². The zero-order valence-corrected chi connectivity index (χ0v) is 11.1. The van der Waals surface area contributed by atoms with Crippen molar-refractivity contribution in [3.05, 3.63) is 42.7 Å². The van der Waals surface area contributed by atoms with Crippen molar-refractivity contribution in [3.63, 3.8) is 0 Å². The molecule has 0 saturated heterocycles. The molecule has 21 heavy (non-hydrogen) atoms. The lowest BCUT2D eigenvalue weighted by atomic mass is 10.3. The third-order valence-electron chi connectivity index (χ3n) is 2.41. The van der Waals surface area contributed by atoms with Gasteiger partial charge in [-0.3, -0.25) is 4.98 Å². The number of aromatic nitrogens is 1. The molecule has 0 unspecified atom stereocenters. The van der Waals surface area contributed by atoms with Gasteiger partial charge in [-0.1, -0.05) is 12.1 Å². The number of benzene rings is 1. The molecule has 0 aliphatic heterocycles. The highest BCUT2D eigenvalue weighted by atomic mass is 32.2. The molecule has 9 heteroatoms. The third kappa shape index (κ3) is 3.43. The molecule has 0 bridgehead atoms. The predicted molar refractivity (Wildman–Crippen MR) is 67.2 cm³/mol. The predicted octanol–water partition coefficient (Wildman–Crippen LogP) is 2.40. The fourth-order valence-corrected chi connectivity index (χ4v) is 2.97. The van der Waals surface area contributed by atoms with Crippen LogP contribution >= 0.6 is 0 Å². The molecular weight excluding hydrogens is 309 g/mol. The van der Waals surface area contributed by atoms with Crippen molar-refractivity contribution < 1.29 is 26.3 Å². The SMILES string of the molecule is Nc1cncc(S(=O)(=O)c2ccccc2OC(F)(F)F)c1. The molecule has 1 heterocycles. The number of nitrogens with two attached hydrogens (primary N) is 1. The quantitative estimate of drug-likeness (QED) is 0.939. The van der Waals surface area contributed by atoms with E-state index in [0.717, 1.165) is 24.4 Å². The van der Waals surface area contributed by atoms with E-state index in [1.54, 1.807) is 0 Å². The summed E-state index contributed by atoms with van der Waals surface area (Å²) >= 11 is 0. The molecular formula is C12H9F3N2O3S. The number of rotatable bonds is 3. The lowest BCUT2D eigenvalue weighted by Gasteiger charge is -2.13. The molecule has 0 fully saturated rings. The molecule has 5 nitrogen and oxygen atoms in total. The fourth-order valence-electron chi connectivity index (χ4n) is 1.59. The Morgan fingerprint density at radius 2 is 1.81 bits per heavy atom. The summed E-state index contributed by atoms with van der Waals surface area (Å²) in [6.07, 6.45) is -2.78. The molecule has 2 rings (SSSR count). The summed E-state index contributed by atoms with van der Waals surface area (Å²) in [5.74, 6) is -0.813. The molecule has 2 aromatic rings. The second kappa shape index (κ2) is 5.24. The van der Waals surface area contributed by atoms with Crippen LogP contribution in [0.4, 0.5) is 18.9 Å². The number of hydrogen-bond acceptors (Lipinski definition) is 5. The number of hydrogen-bond donors (Lipinski definition) is 1. The molecule has 0 radical (unpaired) electrons. The maximum absolute atomic E-state index is 12.3. The van der Waals surface area contributed by atoms with E-state index in [4.69, 9.17) is 5.73 Å². The van der Waals surface area contributed by atoms with Crippen LogP contribution in [0.15, 0.2) is 52.5 Å². The molecule has 2 N–H and O–H groups in total. The standard InChI is InChI=1S/C12H9F3N2O3S/c13-12(14,15)20-10-3-1-2-4-11(10)21(18,19)9-5-8(16)6-17-7-9/h1-7H,16H2. The van der Waals surface area contributed by atoms with Gasteiger partial charge in [-0.2, -0.15) is 0 Å². The van der Waals surface area contributed by atoms with Crippen LogP contribution in [0.3, 0.4) is 0 Å². The molecule has 1 aromatic heterocycles. The molecule has 1 aromatic carbocycles. The Morgan fingerprint density at radius 3 is 2.43 bits per heavy atom. The van der Waals surface area contributed by atoms with Crippen molar-refractivity contribution in [2.75, 3.05) is 5.73 Å². The van der Waals surface area contributed by atoms with Crippen molar-refractivity contribution in [2.24, 2.45) is 0 Å². The van der Waals surface area contributed by atoms with Gasteiger partial charge in [0.1, 0.15) is 10.6 Å². The average molecular weight is 318 g/mol. The van der Waals surface area contributed by atoms with Gasteiger partial charge < -0.3 is 10.5 Å². The Morgan fingerprint density at radius 1 is 1.14 bits per heavy atom. The number of pyridine rings is 1. The van der Waals surface area contributed by atoms with Crippen molar-refractivity contribution in [2.45, 2.75) is 16.2 Å². The van der Waals surface area contributed by atoms with Crippen LogP contribution in [0.1, 0.15) is 0 Å². The van der Waals surface area contributed by atoms with Crippen LogP contribution in [0, 0.1) is 0 Å². The number of nitrogens with zero attached hydrogens (tertiary/aromatic N) is 1. The summed E-state index contributed by atoms with van der Waals surface area (Å²) in [5.41, 5.74) is 5.51. The number of sulfone groups is 1. The first-order valence-corrected chi connectivity index (χ1v) is 6.99. The minimum absolute atomic E-state index is 0.0743. The van der Waals surface area contributed by atoms with Crippen LogP contribution in [0.25, 0.3) is 0 Å². The van der Waals surface area contributed by atoms with Crippen LogP contribution in [0.5, 0.6) is 5.75 Å². The van der Waals surface area contributed by atoms with E-state index in [1.807, 2.05) is 0 Å². The molecule has 112 valence electrons. The summed E-state index contributed by atoms with van der Waals surface area (Å²) in [6.45, 7) is 0. The second-order valence-electron chi connectivity index (χ2n) is 3.95. The first-order valence-electron chi connectivity index (χ1n) is 5.50. The summed E-state index contributed by atoms with van der Waals surface area (Å²) in [6, 6.07) is 5.56. The first-order chi connectivity index (χ1) is 9.70. The number of nitrogen functional groups attached to an aromatic ring is 1. The Kier molecular flexibility index (Phi) is 3.77. The Hall–Kier alpha value is -2.29.